The first-order valence-corrected chi connectivity index (χ1v) is 9.16. The summed E-state index contributed by atoms with van der Waals surface area (Å²) in [6, 6.07) is 9.89. The van der Waals surface area contributed by atoms with Gasteiger partial charge < -0.3 is 9.64 Å². The fourth-order valence-corrected chi connectivity index (χ4v) is 3.88. The van der Waals surface area contributed by atoms with E-state index in [0.717, 1.165) is 44.2 Å². The van der Waals surface area contributed by atoms with E-state index < -0.39 is 0 Å². The molecule has 1 saturated carbocycles. The van der Waals surface area contributed by atoms with Gasteiger partial charge in [0.1, 0.15) is 5.60 Å². The van der Waals surface area contributed by atoms with Crippen LogP contribution in [0.2, 0.25) is 0 Å². The number of hydrogen-bond acceptors (Lipinski definition) is 3. The van der Waals surface area contributed by atoms with E-state index in [2.05, 4.69) is 25.9 Å². The molecule has 1 aromatic rings. The number of rotatable bonds is 7. The van der Waals surface area contributed by atoms with Crippen molar-refractivity contribution in [2.24, 2.45) is 5.92 Å². The molecule has 25 heavy (non-hydrogen) atoms. The van der Waals surface area contributed by atoms with Gasteiger partial charge in [0.25, 0.3) is 0 Å². The quantitative estimate of drug-likeness (QED) is 0.505. The van der Waals surface area contributed by atoms with E-state index in [1.54, 1.807) is 6.08 Å². The molecule has 0 N–H and O–H groups in total. The molecule has 0 radical (unpaired) electrons. The lowest BCUT2D eigenvalue weighted by molar-refractivity contribution is -0.167. The fourth-order valence-electron chi connectivity index (χ4n) is 3.88. The van der Waals surface area contributed by atoms with E-state index in [0.29, 0.717) is 5.92 Å². The molecule has 1 aromatic carbocycles. The second kappa shape index (κ2) is 10.6. The Labute approximate surface area is 158 Å². The van der Waals surface area contributed by atoms with Gasteiger partial charge in [-0.2, -0.15) is 0 Å². The number of esters is 1. The molecule has 2 atom stereocenters. The van der Waals surface area contributed by atoms with Crippen molar-refractivity contribution in [3.8, 4) is 0 Å². The lowest BCUT2D eigenvalue weighted by Crippen LogP contribution is -2.48. The smallest absolute Gasteiger partial charge is 0.331 e. The lowest BCUT2D eigenvalue weighted by Gasteiger charge is -2.44. The van der Waals surface area contributed by atoms with Crippen molar-refractivity contribution in [2.75, 3.05) is 20.6 Å². The van der Waals surface area contributed by atoms with Gasteiger partial charge in [-0.1, -0.05) is 50.1 Å². The molecular formula is C21H32ClNO2. The van der Waals surface area contributed by atoms with Crippen molar-refractivity contribution in [1.29, 1.82) is 0 Å². The number of benzene rings is 1. The summed E-state index contributed by atoms with van der Waals surface area (Å²) in [5.74, 6) is 0.216. The van der Waals surface area contributed by atoms with Gasteiger partial charge >= 0.3 is 5.97 Å². The van der Waals surface area contributed by atoms with Gasteiger partial charge in [-0.25, -0.2) is 4.79 Å². The minimum atomic E-state index is -0.296. The molecule has 0 amide bonds. The van der Waals surface area contributed by atoms with Crippen LogP contribution in [0.1, 0.15) is 51.0 Å². The Kier molecular flexibility index (Phi) is 9.23. The molecule has 4 heteroatoms. The van der Waals surface area contributed by atoms with Crippen molar-refractivity contribution in [3.05, 3.63) is 42.0 Å². The molecule has 1 aliphatic carbocycles. The van der Waals surface area contributed by atoms with Gasteiger partial charge in [0.15, 0.2) is 0 Å². The van der Waals surface area contributed by atoms with Gasteiger partial charge in [-0.05, 0) is 51.4 Å². The SMILES string of the molecule is CCCC1(OC(=O)/C=C/c2ccccc2)CCCCC1CN(C)C.Cl. The second-order valence-corrected chi connectivity index (χ2v) is 7.18. The van der Waals surface area contributed by atoms with E-state index in [9.17, 15) is 4.79 Å². The number of carbonyl (C=O) groups is 1. The first-order valence-electron chi connectivity index (χ1n) is 9.16. The van der Waals surface area contributed by atoms with Crippen LogP contribution in [-0.2, 0) is 9.53 Å². The molecule has 0 aromatic heterocycles. The molecule has 0 saturated heterocycles. The zero-order valence-corrected chi connectivity index (χ0v) is 16.6. The van der Waals surface area contributed by atoms with Crippen LogP contribution >= 0.6 is 12.4 Å². The highest BCUT2D eigenvalue weighted by Gasteiger charge is 2.43. The van der Waals surface area contributed by atoms with Crippen LogP contribution in [0.4, 0.5) is 0 Å². The third-order valence-electron chi connectivity index (χ3n) is 4.92. The van der Waals surface area contributed by atoms with Crippen LogP contribution in [0.25, 0.3) is 6.08 Å². The van der Waals surface area contributed by atoms with Crippen molar-refractivity contribution in [3.63, 3.8) is 0 Å². The van der Waals surface area contributed by atoms with Crippen LogP contribution in [0, 0.1) is 5.92 Å². The summed E-state index contributed by atoms with van der Waals surface area (Å²) in [6.07, 6.45) is 9.94. The van der Waals surface area contributed by atoms with Gasteiger partial charge in [-0.15, -0.1) is 12.4 Å². The van der Waals surface area contributed by atoms with E-state index >= 15 is 0 Å². The lowest BCUT2D eigenvalue weighted by atomic mass is 9.72. The summed E-state index contributed by atoms with van der Waals surface area (Å²) < 4.78 is 6.10. The highest BCUT2D eigenvalue weighted by Crippen LogP contribution is 2.41. The maximum Gasteiger partial charge on any atom is 0.331 e. The average Bonchev–Trinajstić information content (AvgIpc) is 2.56. The summed E-state index contributed by atoms with van der Waals surface area (Å²) in [6.45, 7) is 3.16. The Morgan fingerprint density at radius 1 is 1.28 bits per heavy atom. The first-order chi connectivity index (χ1) is 11.6. The minimum Gasteiger partial charge on any atom is -0.456 e. The van der Waals surface area contributed by atoms with E-state index in [-0.39, 0.29) is 24.0 Å². The van der Waals surface area contributed by atoms with E-state index in [1.165, 1.54) is 6.42 Å². The summed E-state index contributed by atoms with van der Waals surface area (Å²) >= 11 is 0. The standard InChI is InChI=1S/C21H31NO2.ClH/c1-4-15-21(16-9-8-12-19(21)17-22(2)3)24-20(23)14-13-18-10-6-5-7-11-18;/h5-7,10-11,13-14,19H,4,8-9,12,15-17H2,1-3H3;1H/b14-13+;. The van der Waals surface area contributed by atoms with Crippen LogP contribution in [0.15, 0.2) is 36.4 Å². The molecule has 140 valence electrons. The Hall–Kier alpha value is -1.32. The van der Waals surface area contributed by atoms with Crippen LogP contribution < -0.4 is 0 Å². The molecule has 0 heterocycles. The van der Waals surface area contributed by atoms with Gasteiger partial charge in [0, 0.05) is 18.5 Å². The van der Waals surface area contributed by atoms with Crippen molar-refractivity contribution >= 4 is 24.5 Å². The number of carbonyl (C=O) groups excluding carboxylic acids is 1. The van der Waals surface area contributed by atoms with Gasteiger partial charge in [0.05, 0.1) is 0 Å². The summed E-state index contributed by atoms with van der Waals surface area (Å²) in [5, 5.41) is 0. The Morgan fingerprint density at radius 2 is 2.00 bits per heavy atom. The summed E-state index contributed by atoms with van der Waals surface area (Å²) in [4.78, 5) is 14.7. The van der Waals surface area contributed by atoms with Crippen molar-refractivity contribution < 1.29 is 9.53 Å². The van der Waals surface area contributed by atoms with Crippen LogP contribution in [0.3, 0.4) is 0 Å². The van der Waals surface area contributed by atoms with Crippen molar-refractivity contribution in [1.82, 2.24) is 4.90 Å². The Morgan fingerprint density at radius 3 is 2.64 bits per heavy atom. The molecular weight excluding hydrogens is 334 g/mol. The summed E-state index contributed by atoms with van der Waals surface area (Å²) in [5.41, 5.74) is 0.725. The third kappa shape index (κ3) is 6.48. The largest absolute Gasteiger partial charge is 0.456 e. The highest BCUT2D eigenvalue weighted by atomic mass is 35.5. The second-order valence-electron chi connectivity index (χ2n) is 7.18. The molecule has 2 rings (SSSR count). The first kappa shape index (κ1) is 21.7. The molecule has 2 unspecified atom stereocenters. The topological polar surface area (TPSA) is 29.5 Å². The van der Waals surface area contributed by atoms with Crippen LogP contribution in [0.5, 0.6) is 0 Å². The predicted molar refractivity (Wildman–Crippen MR) is 107 cm³/mol. The Balaban J connectivity index is 0.00000312. The fraction of sp³-hybridized carbons (Fsp3) is 0.571. The monoisotopic (exact) mass is 365 g/mol. The van der Waals surface area contributed by atoms with Gasteiger partial charge in [-0.3, -0.25) is 0 Å². The molecule has 0 spiro atoms. The minimum absolute atomic E-state index is 0. The number of halogens is 1. The Bertz CT molecular complexity index is 540. The molecule has 1 aliphatic rings. The molecule has 1 fully saturated rings. The maximum absolute atomic E-state index is 12.5. The van der Waals surface area contributed by atoms with Crippen molar-refractivity contribution in [2.45, 2.75) is 51.0 Å². The third-order valence-corrected chi connectivity index (χ3v) is 4.92. The van der Waals surface area contributed by atoms with E-state index in [1.807, 2.05) is 36.4 Å². The highest BCUT2D eigenvalue weighted by molar-refractivity contribution is 5.87. The number of ether oxygens (including phenoxy) is 1. The molecule has 0 bridgehead atoms. The molecule has 3 nitrogen and oxygen atoms in total. The van der Waals surface area contributed by atoms with Crippen LogP contribution in [-0.4, -0.2) is 37.1 Å². The van der Waals surface area contributed by atoms with Gasteiger partial charge in [0.2, 0.25) is 0 Å². The normalized spacial score (nSPS) is 23.4. The zero-order valence-electron chi connectivity index (χ0n) is 15.7. The molecule has 0 aliphatic heterocycles. The maximum atomic E-state index is 12.5. The number of nitrogens with zero attached hydrogens (tertiary/aromatic N) is 1. The predicted octanol–water partition coefficient (Wildman–Crippen LogP) is 4.96. The van der Waals surface area contributed by atoms with E-state index in [4.69, 9.17) is 4.74 Å². The average molecular weight is 366 g/mol. The number of hydrogen-bond donors (Lipinski definition) is 0. The zero-order chi connectivity index (χ0) is 17.4. The summed E-state index contributed by atoms with van der Waals surface area (Å²) in [7, 11) is 4.20.